The smallest absolute Gasteiger partial charge is 0.261 e. The van der Waals surface area contributed by atoms with Crippen molar-refractivity contribution in [2.24, 2.45) is 9.98 Å². The molecular formula is C60H64N8O11S2. The average Bonchev–Trinajstić information content (AvgIpc) is 4.12. The fraction of sp³-hybridized carbons (Fsp3) is 0.350. The van der Waals surface area contributed by atoms with Gasteiger partial charge in [-0.3, -0.25) is 48.6 Å². The molecule has 0 bridgehead atoms. The first-order valence-electron chi connectivity index (χ1n) is 26.6. The van der Waals surface area contributed by atoms with E-state index in [1.54, 1.807) is 87.1 Å². The molecule has 0 spiro atoms. The molecule has 4 heterocycles. The summed E-state index contributed by atoms with van der Waals surface area (Å²) in [6.07, 6.45) is 6.91. The Balaban J connectivity index is 0.845. The minimum Gasteiger partial charge on any atom is -0.493 e. The van der Waals surface area contributed by atoms with Crippen LogP contribution in [0.25, 0.3) is 0 Å². The Hall–Kier alpha value is -8.17. The van der Waals surface area contributed by atoms with Crippen molar-refractivity contribution >= 4 is 104 Å². The monoisotopic (exact) mass is 1140 g/mol. The number of nitrogens with one attached hydrogen (secondary N) is 4. The lowest BCUT2D eigenvalue weighted by Crippen LogP contribution is -2.43. The number of hydrogen-bond acceptors (Lipinski definition) is 15. The summed E-state index contributed by atoms with van der Waals surface area (Å²) in [6, 6.07) is 26.9. The van der Waals surface area contributed by atoms with E-state index in [-0.39, 0.29) is 71.8 Å². The second-order valence-corrected chi connectivity index (χ2v) is 24.1. The Morgan fingerprint density at radius 2 is 1.12 bits per heavy atom. The summed E-state index contributed by atoms with van der Waals surface area (Å²) >= 11 is 0. The highest BCUT2D eigenvalue weighted by Gasteiger charge is 2.38. The Morgan fingerprint density at radius 1 is 0.642 bits per heavy atom. The molecule has 0 radical (unpaired) electrons. The molecule has 0 fully saturated rings. The van der Waals surface area contributed by atoms with Crippen LogP contribution < -0.4 is 50.0 Å². The first kappa shape index (κ1) is 57.5. The van der Waals surface area contributed by atoms with Crippen LogP contribution in [0.2, 0.25) is 0 Å². The number of anilines is 3. The van der Waals surface area contributed by atoms with Gasteiger partial charge in [0.1, 0.15) is 19.0 Å². The van der Waals surface area contributed by atoms with E-state index in [0.29, 0.717) is 88.0 Å². The lowest BCUT2D eigenvalue weighted by atomic mass is 10.1. The maximum absolute atomic E-state index is 14.1. The number of ketones is 1. The molecule has 4 aliphatic heterocycles. The number of aliphatic imine (C=N–C) groups is 2. The molecule has 0 saturated heterocycles. The molecule has 6 amide bonds. The lowest BCUT2D eigenvalue weighted by Gasteiger charge is -2.24. The van der Waals surface area contributed by atoms with Crippen LogP contribution in [-0.4, -0.2) is 110 Å². The van der Waals surface area contributed by atoms with Crippen molar-refractivity contribution in [1.82, 2.24) is 16.0 Å². The number of methoxy groups -OCH3 is 2. The highest BCUT2D eigenvalue weighted by atomic mass is 33.1. The zero-order valence-electron chi connectivity index (χ0n) is 45.9. The van der Waals surface area contributed by atoms with Gasteiger partial charge >= 0.3 is 0 Å². The summed E-state index contributed by atoms with van der Waals surface area (Å²) in [5.74, 6) is -1.09. The van der Waals surface area contributed by atoms with Gasteiger partial charge in [-0.2, -0.15) is 0 Å². The third kappa shape index (κ3) is 14.1. The number of rotatable bonds is 24. The molecule has 0 aromatic heterocycles. The number of hydrogen-bond donors (Lipinski definition) is 4. The molecule has 5 aromatic carbocycles. The predicted molar refractivity (Wildman–Crippen MR) is 314 cm³/mol. The Morgan fingerprint density at radius 3 is 1.62 bits per heavy atom. The van der Waals surface area contributed by atoms with Gasteiger partial charge in [-0.1, -0.05) is 64.9 Å². The van der Waals surface area contributed by atoms with Gasteiger partial charge in [0.2, 0.25) is 23.6 Å². The first-order valence-corrected chi connectivity index (χ1v) is 28.8. The third-order valence-electron chi connectivity index (χ3n) is 14.0. The Bertz CT molecular complexity index is 3190. The van der Waals surface area contributed by atoms with E-state index < -0.39 is 30.8 Å². The van der Waals surface area contributed by atoms with Crippen LogP contribution in [0.1, 0.15) is 96.3 Å². The van der Waals surface area contributed by atoms with Crippen LogP contribution in [0.5, 0.6) is 23.0 Å². The summed E-state index contributed by atoms with van der Waals surface area (Å²) in [7, 11) is 6.33. The zero-order chi connectivity index (χ0) is 57.4. The second-order valence-electron chi connectivity index (χ2n) is 20.7. The second kappa shape index (κ2) is 25.5. The number of fused-ring (bicyclic) bond motifs is 8. The van der Waals surface area contributed by atoms with E-state index in [0.717, 1.165) is 28.9 Å². The highest BCUT2D eigenvalue weighted by Crippen LogP contribution is 2.44. The fourth-order valence-corrected chi connectivity index (χ4v) is 12.4. The normalized spacial score (nSPS) is 15.8. The quantitative estimate of drug-likeness (QED) is 0.0425. The molecule has 3 atom stereocenters. The van der Waals surface area contributed by atoms with Gasteiger partial charge in [0.25, 0.3) is 11.8 Å². The van der Waals surface area contributed by atoms with E-state index in [9.17, 15) is 33.6 Å². The number of para-hydroxylation sites is 2. The fourth-order valence-electron chi connectivity index (χ4n) is 9.78. The van der Waals surface area contributed by atoms with Crippen molar-refractivity contribution in [3.8, 4) is 23.0 Å². The van der Waals surface area contributed by atoms with Crippen LogP contribution in [0.4, 0.5) is 28.4 Å². The molecule has 422 valence electrons. The summed E-state index contributed by atoms with van der Waals surface area (Å²) in [6.45, 7) is 6.46. The first-order chi connectivity index (χ1) is 38.9. The Labute approximate surface area is 477 Å². The summed E-state index contributed by atoms with van der Waals surface area (Å²) < 4.78 is 24.1. The SMILES string of the molecule is COc1cc2c(cc1OCc1cc(COc3cc4c(cc3OC)C(=O)N3c5ccccc5C[C@H]3C=N4)cc(NC(=O)CNC(=O)CNC(=O)CNC(=O)CCC(C)(C)SSC(C)CCC(C)=O)c1)N=C[C@@H]1Cc3ccccc3N1C2=O. The number of nitrogens with zero attached hydrogens (tertiary/aromatic N) is 4. The molecule has 1 unspecified atom stereocenters. The molecule has 21 heteroatoms. The van der Waals surface area contributed by atoms with E-state index >= 15 is 0 Å². The van der Waals surface area contributed by atoms with Gasteiger partial charge in [-0.05, 0) is 98.3 Å². The molecule has 19 nitrogen and oxygen atoms in total. The van der Waals surface area contributed by atoms with Crippen molar-refractivity contribution < 1.29 is 52.5 Å². The molecule has 9 rings (SSSR count). The van der Waals surface area contributed by atoms with Crippen LogP contribution in [0.3, 0.4) is 0 Å². The standard InChI is InChI=1S/C60H64N8O11S2/c1-35(69)15-16-36(2)80-81-60(3,4)18-17-54(70)63-30-55(71)64-31-56(72)65-32-57(73)66-41-20-37(33-78-52-26-46-44(24-50(52)76-5)58(74)67-42(28-61-46)22-39-11-7-9-13-48(39)67)19-38(21-41)34-79-53-27-47-45(25-51(53)77-6)59(75)68-43(29-62-47)23-40-12-8-10-14-49(40)68/h7-14,19-21,24-29,36,42-43H,15-18,22-23,30-34H2,1-6H3,(H,63,70)(H,64,71)(H,65,72)(H,66,73)/t36?,42-,43-/m0/s1. The van der Waals surface area contributed by atoms with E-state index in [4.69, 9.17) is 28.9 Å². The van der Waals surface area contributed by atoms with E-state index in [2.05, 4.69) is 28.2 Å². The molecule has 0 saturated carbocycles. The van der Waals surface area contributed by atoms with Gasteiger partial charge in [-0.25, -0.2) is 0 Å². The maximum Gasteiger partial charge on any atom is 0.261 e. The number of amides is 6. The number of carbonyl (C=O) groups is 7. The predicted octanol–water partition coefficient (Wildman–Crippen LogP) is 8.42. The summed E-state index contributed by atoms with van der Waals surface area (Å²) in [4.78, 5) is 104. The van der Waals surface area contributed by atoms with Gasteiger partial charge in [-0.15, -0.1) is 0 Å². The highest BCUT2D eigenvalue weighted by molar-refractivity contribution is 8.77. The number of benzene rings is 5. The van der Waals surface area contributed by atoms with Crippen molar-refractivity contribution in [2.45, 2.75) is 102 Å². The lowest BCUT2D eigenvalue weighted by molar-refractivity contribution is -0.128. The van der Waals surface area contributed by atoms with Crippen LogP contribution >= 0.6 is 21.6 Å². The third-order valence-corrected chi connectivity index (χ3v) is 18.0. The van der Waals surface area contributed by atoms with Crippen LogP contribution in [0, 0.1) is 0 Å². The zero-order valence-corrected chi connectivity index (χ0v) is 47.6. The van der Waals surface area contributed by atoms with Crippen LogP contribution in [-0.2, 0) is 50.0 Å². The minimum absolute atomic E-state index is 0.0398. The van der Waals surface area contributed by atoms with Gasteiger partial charge in [0, 0.05) is 77.3 Å². The van der Waals surface area contributed by atoms with Gasteiger partial charge in [0.15, 0.2) is 23.0 Å². The number of Topliss-reactive ketones (excluding diaryl/α,β-unsaturated/α-hetero) is 1. The molecule has 81 heavy (non-hydrogen) atoms. The van der Waals surface area contributed by atoms with Crippen molar-refractivity contribution in [1.29, 1.82) is 0 Å². The Kier molecular flexibility index (Phi) is 18.1. The molecule has 5 aromatic rings. The average molecular weight is 1140 g/mol. The van der Waals surface area contributed by atoms with Crippen LogP contribution in [0.15, 0.2) is 101 Å². The van der Waals surface area contributed by atoms with E-state index in [1.807, 2.05) is 68.4 Å². The molecular weight excluding hydrogens is 1070 g/mol. The van der Waals surface area contributed by atoms with E-state index in [1.165, 1.54) is 14.2 Å². The largest absolute Gasteiger partial charge is 0.493 e. The molecule has 4 aliphatic rings. The van der Waals surface area contributed by atoms with Crippen molar-refractivity contribution in [3.63, 3.8) is 0 Å². The van der Waals surface area contributed by atoms with Gasteiger partial charge in [0.05, 0.1) is 68.4 Å². The molecule has 0 aliphatic carbocycles. The van der Waals surface area contributed by atoms with Crippen molar-refractivity contribution in [2.75, 3.05) is 49.0 Å². The number of ether oxygens (including phenoxy) is 4. The summed E-state index contributed by atoms with van der Waals surface area (Å²) in [5, 5.41) is 10.7. The topological polar surface area (TPSA) is 236 Å². The minimum atomic E-state index is -0.633. The maximum atomic E-state index is 14.1. The molecule has 4 N–H and O–H groups in total. The van der Waals surface area contributed by atoms with Crippen molar-refractivity contribution in [3.05, 3.63) is 124 Å². The van der Waals surface area contributed by atoms with Gasteiger partial charge < -0.3 is 45.0 Å². The number of carbonyl (C=O) groups excluding carboxylic acids is 7. The summed E-state index contributed by atoms with van der Waals surface area (Å²) in [5.41, 5.74) is 6.89.